The molecule has 0 amide bonds. The molecule has 0 radical (unpaired) electrons. The summed E-state index contributed by atoms with van der Waals surface area (Å²) in [6.45, 7) is 14.6. The van der Waals surface area contributed by atoms with E-state index in [4.69, 9.17) is 9.97 Å². The quantitative estimate of drug-likeness (QED) is 0.377. The second kappa shape index (κ2) is 8.15. The standard InChI is InChI=1S/C33H32N4O2/c1-7-18-14(3)21-11-23-16(5)20-9-10-27(38)29-30(31(20)36-23)32-28(33(29)39)17(6)24(37-32)13-26-19(8-2)15(4)22(35-26)12-25(18)34-21/h7,11-13,16,20,36-38H,1,8-10H2,2-6H3/t16-,20-/m0/s1. The molecule has 0 aromatic carbocycles. The lowest BCUT2D eigenvalue weighted by Crippen LogP contribution is -2.02. The first-order valence-corrected chi connectivity index (χ1v) is 13.8. The number of ketones is 1. The number of hydrogen-bond acceptors (Lipinski definition) is 4. The topological polar surface area (TPSA) is 94.7 Å². The highest BCUT2D eigenvalue weighted by Crippen LogP contribution is 2.50. The number of Topliss-reactive ketones (excluding diaryl/α,β-unsaturated/α-hetero) is 1. The molecule has 0 saturated carbocycles. The van der Waals surface area contributed by atoms with E-state index in [1.165, 1.54) is 5.57 Å². The van der Waals surface area contributed by atoms with Crippen molar-refractivity contribution in [2.75, 3.05) is 0 Å². The molecule has 39 heavy (non-hydrogen) atoms. The van der Waals surface area contributed by atoms with Crippen LogP contribution in [-0.2, 0) is 0 Å². The van der Waals surface area contributed by atoms with Crippen LogP contribution in [0, 0.1) is 6.92 Å². The van der Waals surface area contributed by atoms with Crippen LogP contribution in [0.4, 0.5) is 0 Å². The molecule has 0 fully saturated rings. The predicted molar refractivity (Wildman–Crippen MR) is 157 cm³/mol. The highest BCUT2D eigenvalue weighted by atomic mass is 16.3. The minimum atomic E-state index is -0.0998. The Morgan fingerprint density at radius 3 is 2.51 bits per heavy atom. The fraction of sp³-hybridized carbons (Fsp3) is 0.303. The maximum absolute atomic E-state index is 13.8. The van der Waals surface area contributed by atoms with Crippen molar-refractivity contribution in [3.63, 3.8) is 0 Å². The summed E-state index contributed by atoms with van der Waals surface area (Å²) in [6, 6.07) is 6.29. The third-order valence-corrected chi connectivity index (χ3v) is 9.33. The number of carbonyl (C=O) groups excluding carboxylic acids is 1. The van der Waals surface area contributed by atoms with Crippen LogP contribution in [0.2, 0.25) is 0 Å². The van der Waals surface area contributed by atoms with E-state index in [1.54, 1.807) is 0 Å². The number of fused-ring (bicyclic) bond motifs is 6. The number of hydrogen-bond donors (Lipinski definition) is 3. The van der Waals surface area contributed by atoms with Crippen molar-refractivity contribution >= 4 is 44.7 Å². The van der Waals surface area contributed by atoms with Gasteiger partial charge in [-0.1, -0.05) is 26.5 Å². The first kappa shape index (κ1) is 23.9. The molecule has 0 spiro atoms. The summed E-state index contributed by atoms with van der Waals surface area (Å²) in [4.78, 5) is 31.2. The van der Waals surface area contributed by atoms with Gasteiger partial charge in [-0.2, -0.15) is 0 Å². The first-order valence-electron chi connectivity index (χ1n) is 13.8. The Labute approximate surface area is 227 Å². The zero-order valence-electron chi connectivity index (χ0n) is 23.0. The number of carbonyl (C=O) groups is 1. The molecule has 196 valence electrons. The monoisotopic (exact) mass is 516 g/mol. The van der Waals surface area contributed by atoms with E-state index < -0.39 is 0 Å². The predicted octanol–water partition coefficient (Wildman–Crippen LogP) is 7.95. The Morgan fingerprint density at radius 2 is 1.77 bits per heavy atom. The van der Waals surface area contributed by atoms with Gasteiger partial charge in [0.25, 0.3) is 0 Å². The number of rotatable bonds is 2. The second-order valence-corrected chi connectivity index (χ2v) is 11.3. The van der Waals surface area contributed by atoms with E-state index in [0.717, 1.165) is 85.9 Å². The Morgan fingerprint density at radius 1 is 1.03 bits per heavy atom. The van der Waals surface area contributed by atoms with Gasteiger partial charge in [0.2, 0.25) is 0 Å². The normalized spacial score (nSPS) is 20.8. The van der Waals surface area contributed by atoms with Crippen molar-refractivity contribution in [3.8, 4) is 0 Å². The smallest absolute Gasteiger partial charge is 0.199 e. The fourth-order valence-corrected chi connectivity index (χ4v) is 7.05. The van der Waals surface area contributed by atoms with E-state index in [-0.39, 0.29) is 23.4 Å². The molecule has 8 bridgehead atoms. The molecule has 0 unspecified atom stereocenters. The van der Waals surface area contributed by atoms with Crippen molar-refractivity contribution in [1.82, 2.24) is 19.9 Å². The maximum Gasteiger partial charge on any atom is 0.199 e. The molecule has 5 heterocycles. The zero-order valence-corrected chi connectivity index (χ0v) is 23.0. The van der Waals surface area contributed by atoms with Crippen molar-refractivity contribution < 1.29 is 9.90 Å². The van der Waals surface area contributed by atoms with E-state index in [2.05, 4.69) is 62.4 Å². The molecule has 2 aromatic heterocycles. The number of aliphatic hydroxyl groups is 1. The summed E-state index contributed by atoms with van der Waals surface area (Å²) >= 11 is 0. The van der Waals surface area contributed by atoms with Crippen LogP contribution < -0.4 is 0 Å². The van der Waals surface area contributed by atoms with E-state index >= 15 is 0 Å². The van der Waals surface area contributed by atoms with Gasteiger partial charge in [0, 0.05) is 46.3 Å². The Kier molecular flexibility index (Phi) is 5.00. The largest absolute Gasteiger partial charge is 0.512 e. The fourth-order valence-electron chi connectivity index (χ4n) is 7.05. The van der Waals surface area contributed by atoms with Crippen molar-refractivity contribution in [2.24, 2.45) is 0 Å². The van der Waals surface area contributed by atoms with Gasteiger partial charge >= 0.3 is 0 Å². The number of H-pyrrole nitrogens is 2. The summed E-state index contributed by atoms with van der Waals surface area (Å²) in [5.74, 6) is 0.429. The summed E-state index contributed by atoms with van der Waals surface area (Å²) in [6.07, 6.45) is 3.97. The van der Waals surface area contributed by atoms with Gasteiger partial charge in [0.05, 0.1) is 39.4 Å². The molecule has 3 aliphatic heterocycles. The van der Waals surface area contributed by atoms with Crippen LogP contribution >= 0.6 is 0 Å². The number of aryl methyl sites for hydroxylation is 1. The first-order chi connectivity index (χ1) is 18.7. The third-order valence-electron chi connectivity index (χ3n) is 9.33. The second-order valence-electron chi connectivity index (χ2n) is 11.3. The van der Waals surface area contributed by atoms with Crippen LogP contribution in [0.1, 0.15) is 114 Å². The highest BCUT2D eigenvalue weighted by molar-refractivity contribution is 6.39. The van der Waals surface area contributed by atoms with Gasteiger partial charge in [0.1, 0.15) is 5.76 Å². The Hall–Kier alpha value is -4.19. The number of nitrogens with one attached hydrogen (secondary N) is 2. The summed E-state index contributed by atoms with van der Waals surface area (Å²) < 4.78 is 0. The number of aliphatic hydroxyl groups excluding tert-OH is 1. The molecule has 2 aromatic rings. The third kappa shape index (κ3) is 3.11. The van der Waals surface area contributed by atoms with Crippen LogP contribution in [0.25, 0.3) is 38.9 Å². The van der Waals surface area contributed by atoms with Crippen LogP contribution in [0.15, 0.2) is 36.6 Å². The van der Waals surface area contributed by atoms with Gasteiger partial charge in [-0.15, -0.1) is 0 Å². The zero-order chi connectivity index (χ0) is 27.3. The molecule has 5 aliphatic rings. The van der Waals surface area contributed by atoms with Crippen molar-refractivity contribution in [3.05, 3.63) is 87.5 Å². The summed E-state index contributed by atoms with van der Waals surface area (Å²) in [5.41, 5.74) is 14.6. The van der Waals surface area contributed by atoms with E-state index in [0.29, 0.717) is 17.6 Å². The van der Waals surface area contributed by atoms with Crippen molar-refractivity contribution in [2.45, 2.75) is 65.7 Å². The molecule has 2 aliphatic carbocycles. The molecular formula is C33H32N4O2. The molecular weight excluding hydrogens is 484 g/mol. The minimum Gasteiger partial charge on any atom is -0.512 e. The molecule has 6 heteroatoms. The van der Waals surface area contributed by atoms with Gasteiger partial charge in [-0.05, 0) is 74.1 Å². The lowest BCUT2D eigenvalue weighted by atomic mass is 9.87. The van der Waals surface area contributed by atoms with Gasteiger partial charge in [-0.25, -0.2) is 9.97 Å². The van der Waals surface area contributed by atoms with E-state index in [9.17, 15) is 9.90 Å². The van der Waals surface area contributed by atoms with E-state index in [1.807, 2.05) is 13.0 Å². The Bertz CT molecular complexity index is 1840. The lowest BCUT2D eigenvalue weighted by Gasteiger charge is -2.15. The molecule has 6 nitrogen and oxygen atoms in total. The average Bonchev–Trinajstić information content (AvgIpc) is 3.62. The van der Waals surface area contributed by atoms with Gasteiger partial charge < -0.3 is 15.1 Å². The molecule has 2 atom stereocenters. The maximum atomic E-state index is 13.8. The van der Waals surface area contributed by atoms with Gasteiger partial charge in [-0.3, -0.25) is 4.79 Å². The number of allylic oxidation sites excluding steroid dienone is 7. The van der Waals surface area contributed by atoms with Crippen LogP contribution in [0.3, 0.4) is 0 Å². The van der Waals surface area contributed by atoms with Crippen molar-refractivity contribution in [1.29, 1.82) is 0 Å². The number of nitrogens with zero attached hydrogens (tertiary/aromatic N) is 2. The highest BCUT2D eigenvalue weighted by Gasteiger charge is 2.41. The summed E-state index contributed by atoms with van der Waals surface area (Å²) in [5, 5.41) is 11.1. The SMILES string of the molecule is C=CC1=C(C)c2cc3[nH]c4c5c6[nH]c(cc7nc(cc1n2)C(C)=C7CC)c(C)c6C(=O)C5=C(O)CC[C@H]4[C@@H]3C. The average molecular weight is 517 g/mol. The van der Waals surface area contributed by atoms with Crippen LogP contribution in [-0.4, -0.2) is 30.8 Å². The van der Waals surface area contributed by atoms with Gasteiger partial charge in [0.15, 0.2) is 5.78 Å². The number of aromatic amines is 2. The lowest BCUT2D eigenvalue weighted by molar-refractivity contribution is 0.105. The molecule has 3 N–H and O–H groups in total. The molecule has 0 saturated heterocycles. The molecule has 7 rings (SSSR count). The Balaban J connectivity index is 1.69. The minimum absolute atomic E-state index is 0.0998. The van der Waals surface area contributed by atoms with Crippen LogP contribution in [0.5, 0.6) is 0 Å². The summed E-state index contributed by atoms with van der Waals surface area (Å²) in [7, 11) is 0. The number of aromatic nitrogens is 4.